The predicted molar refractivity (Wildman–Crippen MR) is 70.8 cm³/mol. The number of rotatable bonds is 3. The van der Waals surface area contributed by atoms with Crippen LogP contribution in [0.3, 0.4) is 0 Å². The van der Waals surface area contributed by atoms with Crippen LogP contribution in [0, 0.1) is 0 Å². The maximum Gasteiger partial charge on any atom is 0.167 e. The minimum absolute atomic E-state index is 0.0666. The summed E-state index contributed by atoms with van der Waals surface area (Å²) in [5, 5.41) is 0. The van der Waals surface area contributed by atoms with Crippen molar-refractivity contribution >= 4 is 27.4 Å². The lowest BCUT2D eigenvalue weighted by atomic mass is 10.0. The van der Waals surface area contributed by atoms with Gasteiger partial charge in [-0.25, -0.2) is 0 Å². The van der Waals surface area contributed by atoms with Gasteiger partial charge in [0.2, 0.25) is 0 Å². The first-order valence-electron chi connectivity index (χ1n) is 5.14. The van der Waals surface area contributed by atoms with Crippen LogP contribution in [0.25, 0.3) is 0 Å². The van der Waals surface area contributed by atoms with Crippen molar-refractivity contribution in [3.05, 3.63) is 58.3 Å². The number of ketones is 1. The number of nitrogens with zero attached hydrogens (tertiary/aromatic N) is 1. The third-order valence-electron chi connectivity index (χ3n) is 2.44. The molecule has 2 aromatic rings. The van der Waals surface area contributed by atoms with Gasteiger partial charge in [-0.05, 0) is 51.8 Å². The highest BCUT2D eigenvalue weighted by Gasteiger charge is 2.08. The number of halogens is 1. The number of aromatic nitrogens is 1. The first kappa shape index (κ1) is 11.8. The van der Waals surface area contributed by atoms with Crippen LogP contribution < -0.4 is 5.73 Å². The SMILES string of the molecule is Nc1ccc(C(=O)Cc2ccncc2)cc1Br. The Bertz CT molecular complexity index is 540. The fourth-order valence-electron chi connectivity index (χ4n) is 1.49. The zero-order valence-electron chi connectivity index (χ0n) is 9.06. The van der Waals surface area contributed by atoms with Gasteiger partial charge in [0.1, 0.15) is 0 Å². The third-order valence-corrected chi connectivity index (χ3v) is 3.12. The molecule has 0 radical (unpaired) electrons. The van der Waals surface area contributed by atoms with Gasteiger partial charge in [0, 0.05) is 34.5 Å². The van der Waals surface area contributed by atoms with E-state index in [2.05, 4.69) is 20.9 Å². The molecule has 0 spiro atoms. The number of Topliss-reactive ketones (excluding diaryl/α,β-unsaturated/α-hetero) is 1. The van der Waals surface area contributed by atoms with Crippen LogP contribution in [0.4, 0.5) is 5.69 Å². The minimum atomic E-state index is 0.0666. The van der Waals surface area contributed by atoms with Crippen LogP contribution >= 0.6 is 15.9 Å². The van der Waals surface area contributed by atoms with Gasteiger partial charge >= 0.3 is 0 Å². The maximum absolute atomic E-state index is 12.0. The van der Waals surface area contributed by atoms with Crippen molar-refractivity contribution in [2.24, 2.45) is 0 Å². The van der Waals surface area contributed by atoms with Crippen molar-refractivity contribution in [1.29, 1.82) is 0 Å². The second kappa shape index (κ2) is 5.10. The highest BCUT2D eigenvalue weighted by molar-refractivity contribution is 9.10. The Kier molecular flexibility index (Phi) is 3.54. The highest BCUT2D eigenvalue weighted by atomic mass is 79.9. The highest BCUT2D eigenvalue weighted by Crippen LogP contribution is 2.21. The van der Waals surface area contributed by atoms with Crippen molar-refractivity contribution in [2.75, 3.05) is 5.73 Å². The Balaban J connectivity index is 2.18. The van der Waals surface area contributed by atoms with Crippen LogP contribution in [0.1, 0.15) is 15.9 Å². The summed E-state index contributed by atoms with van der Waals surface area (Å²) < 4.78 is 0.748. The summed E-state index contributed by atoms with van der Waals surface area (Å²) in [7, 11) is 0. The number of hydrogen-bond donors (Lipinski definition) is 1. The van der Waals surface area contributed by atoms with E-state index in [4.69, 9.17) is 5.73 Å². The smallest absolute Gasteiger partial charge is 0.167 e. The standard InChI is InChI=1S/C13H11BrN2O/c14-11-8-10(1-2-12(11)15)13(17)7-9-3-5-16-6-4-9/h1-6,8H,7,15H2. The molecule has 1 aromatic carbocycles. The van der Waals surface area contributed by atoms with Crippen molar-refractivity contribution < 1.29 is 4.79 Å². The summed E-state index contributed by atoms with van der Waals surface area (Å²) in [6.07, 6.45) is 3.74. The van der Waals surface area contributed by atoms with Gasteiger partial charge in [0.05, 0.1) is 0 Å². The molecule has 3 nitrogen and oxygen atoms in total. The zero-order valence-corrected chi connectivity index (χ0v) is 10.6. The molecule has 2 rings (SSSR count). The van der Waals surface area contributed by atoms with Crippen molar-refractivity contribution in [1.82, 2.24) is 4.98 Å². The number of nitrogen functional groups attached to an aromatic ring is 1. The molecule has 0 bridgehead atoms. The summed E-state index contributed by atoms with van der Waals surface area (Å²) in [4.78, 5) is 15.9. The van der Waals surface area contributed by atoms with E-state index in [0.29, 0.717) is 17.7 Å². The van der Waals surface area contributed by atoms with Gasteiger partial charge in [-0.3, -0.25) is 9.78 Å². The van der Waals surface area contributed by atoms with E-state index in [-0.39, 0.29) is 5.78 Å². The van der Waals surface area contributed by atoms with Crippen molar-refractivity contribution in [3.63, 3.8) is 0 Å². The lowest BCUT2D eigenvalue weighted by molar-refractivity contribution is 0.0993. The first-order chi connectivity index (χ1) is 8.16. The van der Waals surface area contributed by atoms with Gasteiger partial charge in [0.15, 0.2) is 5.78 Å². The fraction of sp³-hybridized carbons (Fsp3) is 0.0769. The average Bonchev–Trinajstić information content (AvgIpc) is 2.34. The molecule has 86 valence electrons. The first-order valence-corrected chi connectivity index (χ1v) is 5.93. The lowest BCUT2D eigenvalue weighted by Crippen LogP contribution is -2.04. The van der Waals surface area contributed by atoms with E-state index in [1.807, 2.05) is 12.1 Å². The molecule has 2 N–H and O–H groups in total. The number of benzene rings is 1. The third kappa shape index (κ3) is 2.91. The molecular weight excluding hydrogens is 280 g/mol. The second-order valence-electron chi connectivity index (χ2n) is 3.69. The molecule has 1 heterocycles. The molecule has 0 amide bonds. The average molecular weight is 291 g/mol. The molecule has 0 saturated carbocycles. The normalized spacial score (nSPS) is 10.2. The quantitative estimate of drug-likeness (QED) is 0.699. The predicted octanol–water partition coefficient (Wildman–Crippen LogP) is 2.85. The molecule has 0 aliphatic carbocycles. The van der Waals surface area contributed by atoms with Gasteiger partial charge in [0.25, 0.3) is 0 Å². The number of carbonyl (C=O) groups is 1. The summed E-state index contributed by atoms with van der Waals surface area (Å²) in [5.41, 5.74) is 7.92. The number of hydrogen-bond acceptors (Lipinski definition) is 3. The topological polar surface area (TPSA) is 56.0 Å². The fourth-order valence-corrected chi connectivity index (χ4v) is 1.87. The molecule has 0 atom stereocenters. The van der Waals surface area contributed by atoms with Crippen molar-refractivity contribution in [3.8, 4) is 0 Å². The minimum Gasteiger partial charge on any atom is -0.398 e. The van der Waals surface area contributed by atoms with Crippen LogP contribution in [0.15, 0.2) is 47.2 Å². The summed E-state index contributed by atoms with van der Waals surface area (Å²) in [5.74, 6) is 0.0666. The molecule has 0 aliphatic rings. The van der Waals surface area contributed by atoms with E-state index in [1.165, 1.54) is 0 Å². The van der Waals surface area contributed by atoms with Crippen LogP contribution in [0.2, 0.25) is 0 Å². The Hall–Kier alpha value is -1.68. The van der Waals surface area contributed by atoms with Crippen molar-refractivity contribution in [2.45, 2.75) is 6.42 Å². The molecule has 4 heteroatoms. The van der Waals surface area contributed by atoms with Gasteiger partial charge in [-0.15, -0.1) is 0 Å². The number of anilines is 1. The van der Waals surface area contributed by atoms with E-state index in [1.54, 1.807) is 30.6 Å². The Morgan fingerprint density at radius 2 is 1.94 bits per heavy atom. The largest absolute Gasteiger partial charge is 0.398 e. The van der Waals surface area contributed by atoms with Crippen LogP contribution in [-0.4, -0.2) is 10.8 Å². The summed E-state index contributed by atoms with van der Waals surface area (Å²) >= 11 is 3.31. The Morgan fingerprint density at radius 1 is 1.24 bits per heavy atom. The number of pyridine rings is 1. The zero-order chi connectivity index (χ0) is 12.3. The molecule has 17 heavy (non-hydrogen) atoms. The monoisotopic (exact) mass is 290 g/mol. The van der Waals surface area contributed by atoms with Crippen LogP contribution in [-0.2, 0) is 6.42 Å². The Labute approximate surface area is 108 Å². The van der Waals surface area contributed by atoms with E-state index < -0.39 is 0 Å². The number of nitrogens with two attached hydrogens (primary N) is 1. The maximum atomic E-state index is 12.0. The molecule has 0 aliphatic heterocycles. The molecule has 0 fully saturated rings. The van der Waals surface area contributed by atoms with E-state index in [9.17, 15) is 4.79 Å². The van der Waals surface area contributed by atoms with Gasteiger partial charge in [-0.1, -0.05) is 0 Å². The number of carbonyl (C=O) groups excluding carboxylic acids is 1. The van der Waals surface area contributed by atoms with E-state index >= 15 is 0 Å². The molecule has 1 aromatic heterocycles. The van der Waals surface area contributed by atoms with Gasteiger partial charge in [-0.2, -0.15) is 0 Å². The lowest BCUT2D eigenvalue weighted by Gasteiger charge is -2.03. The Morgan fingerprint density at radius 3 is 2.59 bits per heavy atom. The van der Waals surface area contributed by atoms with E-state index in [0.717, 1.165) is 10.0 Å². The molecule has 0 saturated heterocycles. The molecule has 0 unspecified atom stereocenters. The van der Waals surface area contributed by atoms with Crippen LogP contribution in [0.5, 0.6) is 0 Å². The second-order valence-corrected chi connectivity index (χ2v) is 4.55. The molecular formula is C13H11BrN2O. The van der Waals surface area contributed by atoms with Gasteiger partial charge < -0.3 is 5.73 Å². The summed E-state index contributed by atoms with van der Waals surface area (Å²) in [6, 6.07) is 8.89. The summed E-state index contributed by atoms with van der Waals surface area (Å²) in [6.45, 7) is 0.